The third kappa shape index (κ3) is 4.33. The van der Waals surface area contributed by atoms with Crippen molar-refractivity contribution in [1.82, 2.24) is 14.9 Å². The molecule has 0 aliphatic rings. The van der Waals surface area contributed by atoms with Crippen molar-refractivity contribution in [2.24, 2.45) is 5.10 Å². The van der Waals surface area contributed by atoms with Crippen LogP contribution in [0.25, 0.3) is 0 Å². The molecule has 25 heavy (non-hydrogen) atoms. The summed E-state index contributed by atoms with van der Waals surface area (Å²) in [6.07, 6.45) is 1.74. The maximum absolute atomic E-state index is 5.75. The van der Waals surface area contributed by atoms with E-state index in [1.54, 1.807) is 24.1 Å². The zero-order chi connectivity index (χ0) is 17.6. The number of hydrogen-bond acceptors (Lipinski definition) is 5. The summed E-state index contributed by atoms with van der Waals surface area (Å²) in [5, 5.41) is 11.3. The van der Waals surface area contributed by atoms with Gasteiger partial charge in [-0.05, 0) is 36.8 Å². The number of nitrogens with zero attached hydrogens (tertiary/aromatic N) is 3. The molecule has 0 amide bonds. The topological polar surface area (TPSA) is 64.4 Å². The molecule has 0 atom stereocenters. The second kappa shape index (κ2) is 7.76. The fourth-order valence-electron chi connectivity index (χ4n) is 2.15. The minimum Gasteiger partial charge on any atom is -0.497 e. The largest absolute Gasteiger partial charge is 0.497 e. The predicted molar refractivity (Wildman–Crippen MR) is 98.9 cm³/mol. The molecule has 1 N–H and O–H groups in total. The van der Waals surface area contributed by atoms with E-state index in [0.29, 0.717) is 16.3 Å². The normalized spacial score (nSPS) is 11.0. The SMILES string of the molecule is COc1cccc(OCc2n[nH]c(=S)n2/N=C\c2ccc(C)cc2)c1. The summed E-state index contributed by atoms with van der Waals surface area (Å²) >= 11 is 5.24. The summed E-state index contributed by atoms with van der Waals surface area (Å²) in [6.45, 7) is 2.27. The van der Waals surface area contributed by atoms with Crippen molar-refractivity contribution in [3.8, 4) is 11.5 Å². The molecular weight excluding hydrogens is 336 g/mol. The van der Waals surface area contributed by atoms with E-state index < -0.39 is 0 Å². The monoisotopic (exact) mass is 354 g/mol. The van der Waals surface area contributed by atoms with Gasteiger partial charge in [0.1, 0.15) is 18.1 Å². The molecule has 3 aromatic rings. The van der Waals surface area contributed by atoms with Gasteiger partial charge in [-0.2, -0.15) is 14.9 Å². The lowest BCUT2D eigenvalue weighted by atomic mass is 10.2. The van der Waals surface area contributed by atoms with E-state index in [-0.39, 0.29) is 6.61 Å². The van der Waals surface area contributed by atoms with Crippen LogP contribution in [0.4, 0.5) is 0 Å². The minimum atomic E-state index is 0.228. The second-order valence-corrected chi connectivity index (χ2v) is 5.77. The van der Waals surface area contributed by atoms with Crippen LogP contribution in [0.2, 0.25) is 0 Å². The van der Waals surface area contributed by atoms with Crippen molar-refractivity contribution in [2.45, 2.75) is 13.5 Å². The van der Waals surface area contributed by atoms with Gasteiger partial charge in [0.2, 0.25) is 4.77 Å². The van der Waals surface area contributed by atoms with Gasteiger partial charge < -0.3 is 9.47 Å². The fraction of sp³-hybridized carbons (Fsp3) is 0.167. The Hall–Kier alpha value is -2.93. The third-order valence-electron chi connectivity index (χ3n) is 3.53. The predicted octanol–water partition coefficient (Wildman–Crippen LogP) is 3.72. The Kier molecular flexibility index (Phi) is 5.25. The maximum Gasteiger partial charge on any atom is 0.216 e. The van der Waals surface area contributed by atoms with Gasteiger partial charge in [0.05, 0.1) is 13.3 Å². The van der Waals surface area contributed by atoms with Crippen LogP contribution in [-0.2, 0) is 6.61 Å². The number of aromatic nitrogens is 3. The molecule has 0 unspecified atom stereocenters. The zero-order valence-electron chi connectivity index (χ0n) is 14.0. The minimum absolute atomic E-state index is 0.228. The van der Waals surface area contributed by atoms with Gasteiger partial charge in [-0.1, -0.05) is 35.9 Å². The van der Waals surface area contributed by atoms with Crippen LogP contribution < -0.4 is 9.47 Å². The summed E-state index contributed by atoms with van der Waals surface area (Å²) < 4.78 is 12.9. The first-order chi connectivity index (χ1) is 12.2. The standard InChI is InChI=1S/C18H18N4O2S/c1-13-6-8-14(9-7-13)11-19-22-17(20-21-18(22)25)12-24-16-5-3-4-15(10-16)23-2/h3-11H,12H2,1-2H3,(H,21,25)/b19-11-. The summed E-state index contributed by atoms with van der Waals surface area (Å²) in [4.78, 5) is 0. The number of aromatic amines is 1. The quantitative estimate of drug-likeness (QED) is 0.541. The molecule has 0 radical (unpaired) electrons. The van der Waals surface area contributed by atoms with Crippen LogP contribution in [0, 0.1) is 11.7 Å². The molecule has 0 bridgehead atoms. The van der Waals surface area contributed by atoms with Crippen LogP contribution >= 0.6 is 12.2 Å². The highest BCUT2D eigenvalue weighted by atomic mass is 32.1. The van der Waals surface area contributed by atoms with E-state index in [9.17, 15) is 0 Å². The highest BCUT2D eigenvalue weighted by Crippen LogP contribution is 2.19. The summed E-state index contributed by atoms with van der Waals surface area (Å²) in [5.74, 6) is 1.99. The lowest BCUT2D eigenvalue weighted by molar-refractivity contribution is 0.288. The van der Waals surface area contributed by atoms with Crippen molar-refractivity contribution in [2.75, 3.05) is 7.11 Å². The van der Waals surface area contributed by atoms with Gasteiger partial charge in [0, 0.05) is 6.07 Å². The fourth-order valence-corrected chi connectivity index (χ4v) is 2.35. The first-order valence-electron chi connectivity index (χ1n) is 7.70. The summed E-state index contributed by atoms with van der Waals surface area (Å²) in [7, 11) is 1.62. The molecule has 7 heteroatoms. The molecule has 1 aromatic heterocycles. The molecule has 0 saturated carbocycles. The van der Waals surface area contributed by atoms with Gasteiger partial charge in [-0.15, -0.1) is 0 Å². The van der Waals surface area contributed by atoms with Crippen LogP contribution in [0.5, 0.6) is 11.5 Å². The number of aryl methyl sites for hydroxylation is 1. The van der Waals surface area contributed by atoms with Crippen LogP contribution in [-0.4, -0.2) is 28.2 Å². The third-order valence-corrected chi connectivity index (χ3v) is 3.79. The molecule has 6 nitrogen and oxygen atoms in total. The van der Waals surface area contributed by atoms with Gasteiger partial charge in [0.25, 0.3) is 0 Å². The second-order valence-electron chi connectivity index (χ2n) is 5.38. The number of hydrogen-bond donors (Lipinski definition) is 1. The van der Waals surface area contributed by atoms with Crippen molar-refractivity contribution in [3.05, 3.63) is 70.3 Å². The van der Waals surface area contributed by atoms with Gasteiger partial charge in [-0.3, -0.25) is 0 Å². The number of rotatable bonds is 6. The van der Waals surface area contributed by atoms with E-state index in [1.807, 2.05) is 49.4 Å². The first kappa shape index (κ1) is 16.9. The average molecular weight is 354 g/mol. The number of benzene rings is 2. The molecule has 2 aromatic carbocycles. The number of nitrogens with one attached hydrogen (secondary N) is 1. The lowest BCUT2D eigenvalue weighted by Gasteiger charge is -2.07. The Morgan fingerprint density at radius 2 is 1.96 bits per heavy atom. The van der Waals surface area contributed by atoms with Gasteiger partial charge in [0.15, 0.2) is 5.82 Å². The molecule has 1 heterocycles. The van der Waals surface area contributed by atoms with Crippen molar-refractivity contribution < 1.29 is 9.47 Å². The van der Waals surface area contributed by atoms with Crippen molar-refractivity contribution >= 4 is 18.4 Å². The van der Waals surface area contributed by atoms with E-state index in [2.05, 4.69) is 15.3 Å². The van der Waals surface area contributed by atoms with Gasteiger partial charge >= 0.3 is 0 Å². The van der Waals surface area contributed by atoms with Gasteiger partial charge in [-0.25, -0.2) is 5.10 Å². The molecule has 0 saturated heterocycles. The molecule has 128 valence electrons. The summed E-state index contributed by atoms with van der Waals surface area (Å²) in [6, 6.07) is 15.4. The summed E-state index contributed by atoms with van der Waals surface area (Å²) in [5.41, 5.74) is 2.18. The number of H-pyrrole nitrogens is 1. The maximum atomic E-state index is 5.75. The average Bonchev–Trinajstić information content (AvgIpc) is 2.99. The lowest BCUT2D eigenvalue weighted by Crippen LogP contribution is -2.04. The van der Waals surface area contributed by atoms with Crippen LogP contribution in [0.3, 0.4) is 0 Å². The van der Waals surface area contributed by atoms with Crippen LogP contribution in [0.15, 0.2) is 53.6 Å². The zero-order valence-corrected chi connectivity index (χ0v) is 14.8. The Balaban J connectivity index is 1.75. The molecule has 0 aliphatic heterocycles. The Morgan fingerprint density at radius 3 is 2.72 bits per heavy atom. The molecule has 0 spiro atoms. The van der Waals surface area contributed by atoms with Crippen molar-refractivity contribution in [3.63, 3.8) is 0 Å². The van der Waals surface area contributed by atoms with Crippen LogP contribution in [0.1, 0.15) is 17.0 Å². The Labute approximate surface area is 150 Å². The highest BCUT2D eigenvalue weighted by Gasteiger charge is 2.06. The molecular formula is C18H18N4O2S. The smallest absolute Gasteiger partial charge is 0.216 e. The molecule has 0 fully saturated rings. The van der Waals surface area contributed by atoms with E-state index >= 15 is 0 Å². The van der Waals surface area contributed by atoms with E-state index in [1.165, 1.54) is 5.56 Å². The Morgan fingerprint density at radius 1 is 1.20 bits per heavy atom. The Bertz CT molecular complexity index is 929. The molecule has 0 aliphatic carbocycles. The van der Waals surface area contributed by atoms with E-state index in [4.69, 9.17) is 21.7 Å². The molecule has 3 rings (SSSR count). The highest BCUT2D eigenvalue weighted by molar-refractivity contribution is 7.71. The van der Waals surface area contributed by atoms with Crippen molar-refractivity contribution in [1.29, 1.82) is 0 Å². The number of methoxy groups -OCH3 is 1. The first-order valence-corrected chi connectivity index (χ1v) is 8.11. The van der Waals surface area contributed by atoms with E-state index in [0.717, 1.165) is 11.3 Å². The number of ether oxygens (including phenoxy) is 2.